The van der Waals surface area contributed by atoms with Crippen LogP contribution in [-0.2, 0) is 0 Å². The van der Waals surface area contributed by atoms with Crippen LogP contribution in [0.1, 0.15) is 17.0 Å². The van der Waals surface area contributed by atoms with Crippen molar-refractivity contribution in [2.24, 2.45) is 0 Å². The van der Waals surface area contributed by atoms with Gasteiger partial charge in [-0.1, -0.05) is 6.07 Å². The minimum absolute atomic E-state index is 0.0465. The molecule has 0 fully saturated rings. The molecule has 0 spiro atoms. The van der Waals surface area contributed by atoms with Gasteiger partial charge >= 0.3 is 0 Å². The zero-order valence-corrected chi connectivity index (χ0v) is 10.2. The molecule has 0 aliphatic rings. The highest BCUT2D eigenvalue weighted by molar-refractivity contribution is 5.84. The summed E-state index contributed by atoms with van der Waals surface area (Å²) >= 11 is 0. The number of benzene rings is 1. The van der Waals surface area contributed by atoms with E-state index in [1.54, 1.807) is 18.5 Å². The van der Waals surface area contributed by atoms with Gasteiger partial charge in [0.05, 0.1) is 6.61 Å². The maximum Gasteiger partial charge on any atom is 0.123 e. The van der Waals surface area contributed by atoms with E-state index in [4.69, 9.17) is 0 Å². The predicted molar refractivity (Wildman–Crippen MR) is 71.4 cm³/mol. The van der Waals surface area contributed by atoms with Gasteiger partial charge in [-0.2, -0.15) is 0 Å². The lowest BCUT2D eigenvalue weighted by Gasteiger charge is -2.13. The van der Waals surface area contributed by atoms with Gasteiger partial charge in [-0.15, -0.1) is 0 Å². The number of rotatable bonds is 3. The first kappa shape index (κ1) is 11.9. The Kier molecular flexibility index (Phi) is 3.01. The first-order valence-corrected chi connectivity index (χ1v) is 6.07. The monoisotopic (exact) mass is 256 g/mol. The number of aromatic nitrogens is 2. The Hall–Kier alpha value is -2.20. The summed E-state index contributed by atoms with van der Waals surface area (Å²) in [5, 5.41) is 10.4. The van der Waals surface area contributed by atoms with Gasteiger partial charge in [-0.25, -0.2) is 4.39 Å². The molecule has 3 nitrogen and oxygen atoms in total. The van der Waals surface area contributed by atoms with Crippen LogP contribution in [0.15, 0.2) is 48.9 Å². The first-order valence-electron chi connectivity index (χ1n) is 6.07. The Morgan fingerprint density at radius 1 is 1.32 bits per heavy atom. The normalized spacial score (nSPS) is 12.7. The third kappa shape index (κ3) is 2.11. The van der Waals surface area contributed by atoms with Crippen molar-refractivity contribution >= 4 is 10.9 Å². The highest BCUT2D eigenvalue weighted by atomic mass is 19.1. The molecule has 0 radical (unpaired) electrons. The standard InChI is InChI=1S/C15H13FN2O/c16-11-3-4-15-12(6-11)13(8-18-15)14(9-19)10-2-1-5-17-7-10/h1-8,14,18-19H,9H2. The molecule has 0 amide bonds. The lowest BCUT2D eigenvalue weighted by Crippen LogP contribution is -2.05. The maximum absolute atomic E-state index is 13.4. The number of pyridine rings is 1. The van der Waals surface area contributed by atoms with Crippen molar-refractivity contribution in [2.75, 3.05) is 6.61 Å². The van der Waals surface area contributed by atoms with E-state index in [-0.39, 0.29) is 18.3 Å². The summed E-state index contributed by atoms with van der Waals surface area (Å²) in [6, 6.07) is 8.34. The Labute approximate surface area is 109 Å². The van der Waals surface area contributed by atoms with Gasteiger partial charge in [0.15, 0.2) is 0 Å². The van der Waals surface area contributed by atoms with Gasteiger partial charge in [-0.3, -0.25) is 4.98 Å². The second-order valence-corrected chi connectivity index (χ2v) is 4.46. The lowest BCUT2D eigenvalue weighted by atomic mass is 9.93. The van der Waals surface area contributed by atoms with Crippen molar-refractivity contribution in [2.45, 2.75) is 5.92 Å². The molecule has 4 heteroatoms. The summed E-state index contributed by atoms with van der Waals surface area (Å²) in [4.78, 5) is 7.17. The number of nitrogens with one attached hydrogen (secondary N) is 1. The molecule has 3 aromatic rings. The number of halogens is 1. The van der Waals surface area contributed by atoms with Crippen LogP contribution >= 0.6 is 0 Å². The zero-order chi connectivity index (χ0) is 13.2. The number of H-pyrrole nitrogens is 1. The van der Waals surface area contributed by atoms with Crippen molar-refractivity contribution in [1.29, 1.82) is 0 Å². The van der Waals surface area contributed by atoms with E-state index in [0.717, 1.165) is 22.0 Å². The number of hydrogen-bond donors (Lipinski definition) is 2. The van der Waals surface area contributed by atoms with Crippen molar-refractivity contribution < 1.29 is 9.50 Å². The molecule has 19 heavy (non-hydrogen) atoms. The summed E-state index contributed by atoms with van der Waals surface area (Å²) in [6.45, 7) is -0.0465. The summed E-state index contributed by atoms with van der Waals surface area (Å²) < 4.78 is 13.4. The van der Waals surface area contributed by atoms with Crippen molar-refractivity contribution in [3.05, 3.63) is 65.9 Å². The minimum atomic E-state index is -0.281. The molecular weight excluding hydrogens is 243 g/mol. The average Bonchev–Trinajstić information content (AvgIpc) is 2.84. The maximum atomic E-state index is 13.4. The smallest absolute Gasteiger partial charge is 0.123 e. The molecule has 3 rings (SSSR count). The molecule has 0 saturated carbocycles. The number of aromatic amines is 1. The Morgan fingerprint density at radius 2 is 2.21 bits per heavy atom. The van der Waals surface area contributed by atoms with Gasteiger partial charge in [0.2, 0.25) is 0 Å². The quantitative estimate of drug-likeness (QED) is 0.757. The van der Waals surface area contributed by atoms with Crippen LogP contribution in [0.4, 0.5) is 4.39 Å². The Morgan fingerprint density at radius 3 is 2.95 bits per heavy atom. The molecular formula is C15H13FN2O. The van der Waals surface area contributed by atoms with Crippen LogP contribution in [-0.4, -0.2) is 21.7 Å². The molecule has 0 saturated heterocycles. The van der Waals surface area contributed by atoms with Crippen LogP contribution in [0, 0.1) is 5.82 Å². The largest absolute Gasteiger partial charge is 0.395 e. The number of fused-ring (bicyclic) bond motifs is 1. The van der Waals surface area contributed by atoms with Gasteiger partial charge in [0.25, 0.3) is 0 Å². The second-order valence-electron chi connectivity index (χ2n) is 4.46. The van der Waals surface area contributed by atoms with Gasteiger partial charge < -0.3 is 10.1 Å². The summed E-state index contributed by atoms with van der Waals surface area (Å²) in [5.41, 5.74) is 2.65. The van der Waals surface area contributed by atoms with Crippen LogP contribution in [0.3, 0.4) is 0 Å². The second kappa shape index (κ2) is 4.82. The van der Waals surface area contributed by atoms with E-state index in [0.29, 0.717) is 0 Å². The van der Waals surface area contributed by atoms with Crippen LogP contribution in [0.5, 0.6) is 0 Å². The Balaban J connectivity index is 2.14. The van der Waals surface area contributed by atoms with Gasteiger partial charge in [0.1, 0.15) is 5.82 Å². The van der Waals surface area contributed by atoms with E-state index >= 15 is 0 Å². The molecule has 2 aromatic heterocycles. The molecule has 96 valence electrons. The molecule has 2 heterocycles. The number of aliphatic hydroxyl groups is 1. The molecule has 0 aliphatic heterocycles. The third-order valence-corrected chi connectivity index (χ3v) is 3.32. The topological polar surface area (TPSA) is 48.9 Å². The fourth-order valence-corrected chi connectivity index (χ4v) is 2.37. The molecule has 1 atom stereocenters. The van der Waals surface area contributed by atoms with Crippen LogP contribution in [0.2, 0.25) is 0 Å². The van der Waals surface area contributed by atoms with Crippen molar-refractivity contribution in [3.8, 4) is 0 Å². The highest BCUT2D eigenvalue weighted by Gasteiger charge is 2.17. The molecule has 0 aliphatic carbocycles. The molecule has 2 N–H and O–H groups in total. The molecule has 1 aromatic carbocycles. The zero-order valence-electron chi connectivity index (χ0n) is 10.2. The van der Waals surface area contributed by atoms with Crippen molar-refractivity contribution in [1.82, 2.24) is 9.97 Å². The van der Waals surface area contributed by atoms with E-state index in [1.165, 1.54) is 12.1 Å². The molecule has 1 unspecified atom stereocenters. The summed E-state index contributed by atoms with van der Waals surface area (Å²) in [7, 11) is 0. The SMILES string of the molecule is OCC(c1cccnc1)c1c[nH]c2ccc(F)cc12. The predicted octanol–water partition coefficient (Wildman–Crippen LogP) is 2.83. The molecule has 0 bridgehead atoms. The average molecular weight is 256 g/mol. The number of hydrogen-bond acceptors (Lipinski definition) is 2. The highest BCUT2D eigenvalue weighted by Crippen LogP contribution is 2.30. The number of aliphatic hydroxyl groups excluding tert-OH is 1. The van der Waals surface area contributed by atoms with Crippen LogP contribution in [0.25, 0.3) is 10.9 Å². The van der Waals surface area contributed by atoms with Gasteiger partial charge in [0, 0.05) is 35.4 Å². The van der Waals surface area contributed by atoms with Crippen molar-refractivity contribution in [3.63, 3.8) is 0 Å². The minimum Gasteiger partial charge on any atom is -0.395 e. The van der Waals surface area contributed by atoms with E-state index in [1.807, 2.05) is 18.3 Å². The van der Waals surface area contributed by atoms with Gasteiger partial charge in [-0.05, 0) is 35.4 Å². The summed E-state index contributed by atoms with van der Waals surface area (Å²) in [6.07, 6.45) is 5.23. The van der Waals surface area contributed by atoms with E-state index in [2.05, 4.69) is 9.97 Å². The third-order valence-electron chi connectivity index (χ3n) is 3.32. The Bertz CT molecular complexity index is 694. The fraction of sp³-hybridized carbons (Fsp3) is 0.133. The van der Waals surface area contributed by atoms with E-state index in [9.17, 15) is 9.50 Å². The lowest BCUT2D eigenvalue weighted by molar-refractivity contribution is 0.281. The van der Waals surface area contributed by atoms with E-state index < -0.39 is 0 Å². The number of nitrogens with zero attached hydrogens (tertiary/aromatic N) is 1. The van der Waals surface area contributed by atoms with Crippen LogP contribution < -0.4 is 0 Å². The first-order chi connectivity index (χ1) is 9.29. The summed E-state index contributed by atoms with van der Waals surface area (Å²) in [5.74, 6) is -0.486. The fourth-order valence-electron chi connectivity index (χ4n) is 2.37.